The van der Waals surface area contributed by atoms with E-state index in [1.54, 1.807) is 18.9 Å². The second-order valence-corrected chi connectivity index (χ2v) is 6.25. The lowest BCUT2D eigenvalue weighted by molar-refractivity contribution is -0.138. The Morgan fingerprint density at radius 2 is 2.00 bits per heavy atom. The maximum atomic E-state index is 12.8. The van der Waals surface area contributed by atoms with Crippen molar-refractivity contribution in [3.05, 3.63) is 29.8 Å². The Labute approximate surface area is 151 Å². The van der Waals surface area contributed by atoms with Crippen molar-refractivity contribution in [1.29, 1.82) is 0 Å². The largest absolute Gasteiger partial charge is 0.460 e. The number of alkyl halides is 3. The van der Waals surface area contributed by atoms with Crippen molar-refractivity contribution in [2.75, 3.05) is 19.1 Å². The summed E-state index contributed by atoms with van der Waals surface area (Å²) in [6.07, 6.45) is 0.762. The first-order valence-corrected chi connectivity index (χ1v) is 8.74. The molecule has 0 heterocycles. The topological polar surface area (TPSA) is 53.9 Å². The summed E-state index contributed by atoms with van der Waals surface area (Å²) in [5.41, 5.74) is 1.93. The number of nitrogens with zero attached hydrogens (tertiary/aromatic N) is 2. The monoisotopic (exact) mass is 371 g/mol. The Morgan fingerprint density at radius 3 is 2.62 bits per heavy atom. The van der Waals surface area contributed by atoms with Crippen LogP contribution in [0.4, 0.5) is 18.9 Å². The van der Waals surface area contributed by atoms with Crippen LogP contribution in [-0.4, -0.2) is 36.4 Å². The maximum absolute atomic E-state index is 12.8. The molecule has 144 valence electrons. The third-order valence-electron chi connectivity index (χ3n) is 4.40. The summed E-state index contributed by atoms with van der Waals surface area (Å²) < 4.78 is 43.5. The number of likely N-dealkylation sites (N-methyl/N-ethyl adjacent to an activating group) is 1. The first kappa shape index (κ1) is 20.1. The summed E-state index contributed by atoms with van der Waals surface area (Å²) in [5, 5.41) is 4.06. The fourth-order valence-electron chi connectivity index (χ4n) is 2.99. The second-order valence-electron chi connectivity index (χ2n) is 6.25. The van der Waals surface area contributed by atoms with Gasteiger partial charge in [0, 0.05) is 13.1 Å². The van der Waals surface area contributed by atoms with Gasteiger partial charge in [-0.05, 0) is 38.0 Å². The van der Waals surface area contributed by atoms with Gasteiger partial charge in [0.25, 0.3) is 0 Å². The molecule has 0 radical (unpaired) electrons. The number of hydrogen-bond acceptors (Lipinski definition) is 4. The van der Waals surface area contributed by atoms with E-state index in [1.807, 2.05) is 0 Å². The fourth-order valence-corrected chi connectivity index (χ4v) is 2.99. The third-order valence-corrected chi connectivity index (χ3v) is 4.40. The number of esters is 1. The molecule has 1 aromatic carbocycles. The van der Waals surface area contributed by atoms with Crippen molar-refractivity contribution < 1.29 is 22.7 Å². The first-order chi connectivity index (χ1) is 12.3. The van der Waals surface area contributed by atoms with Gasteiger partial charge < -0.3 is 9.64 Å². The predicted molar refractivity (Wildman–Crippen MR) is 93.8 cm³/mol. The number of hydrazone groups is 1. The number of halogens is 3. The van der Waals surface area contributed by atoms with Gasteiger partial charge in [-0.15, -0.1) is 5.10 Å². The number of nitrogens with one attached hydrogen (secondary N) is 1. The van der Waals surface area contributed by atoms with Crippen molar-refractivity contribution in [1.82, 2.24) is 4.90 Å². The molecule has 0 saturated heterocycles. The molecule has 1 N–H and O–H groups in total. The summed E-state index contributed by atoms with van der Waals surface area (Å²) in [6.45, 7) is 1.89. The van der Waals surface area contributed by atoms with Crippen LogP contribution in [0.5, 0.6) is 0 Å². The molecule has 8 heteroatoms. The molecule has 0 atom stereocenters. The number of ether oxygens (including phenoxy) is 1. The molecular formula is C18H24F3N3O2. The molecule has 2 rings (SSSR count). The summed E-state index contributed by atoms with van der Waals surface area (Å²) in [7, 11) is 1.76. The van der Waals surface area contributed by atoms with Crippen LogP contribution in [0.15, 0.2) is 29.4 Å². The lowest BCUT2D eigenvalue weighted by Crippen LogP contribution is -2.43. The van der Waals surface area contributed by atoms with Crippen molar-refractivity contribution in [3.8, 4) is 0 Å². The van der Waals surface area contributed by atoms with Crippen molar-refractivity contribution in [3.63, 3.8) is 0 Å². The minimum Gasteiger partial charge on any atom is -0.460 e. The second kappa shape index (κ2) is 8.91. The van der Waals surface area contributed by atoms with Gasteiger partial charge in [-0.2, -0.15) is 13.2 Å². The van der Waals surface area contributed by atoms with Crippen LogP contribution < -0.4 is 5.43 Å². The number of amidine groups is 1. The van der Waals surface area contributed by atoms with Gasteiger partial charge in [-0.3, -0.25) is 5.43 Å². The van der Waals surface area contributed by atoms with E-state index >= 15 is 0 Å². The Kier molecular flexibility index (Phi) is 6.88. The standard InChI is InChI=1S/C18H24F3N3O2/c1-3-26-17(25)16(24(2)15-10-5-4-6-11-15)23-22-14-9-7-8-13(12-14)18(19,20)21/h7-9,12,15,22H,3-6,10-11H2,1-2H3. The van der Waals surface area contributed by atoms with E-state index in [-0.39, 0.29) is 24.2 Å². The molecule has 1 aromatic rings. The van der Waals surface area contributed by atoms with Crippen molar-refractivity contribution in [2.24, 2.45) is 5.10 Å². The molecule has 26 heavy (non-hydrogen) atoms. The smallest absolute Gasteiger partial charge is 0.416 e. The van der Waals surface area contributed by atoms with Crippen LogP contribution in [0.25, 0.3) is 0 Å². The normalized spacial score (nSPS) is 16.3. The highest BCUT2D eigenvalue weighted by atomic mass is 19.4. The number of rotatable bonds is 4. The van der Waals surface area contributed by atoms with Gasteiger partial charge in [0.15, 0.2) is 0 Å². The average molecular weight is 371 g/mol. The van der Waals surface area contributed by atoms with Crippen LogP contribution in [0, 0.1) is 0 Å². The molecule has 0 aliphatic heterocycles. The molecule has 0 unspecified atom stereocenters. The van der Waals surface area contributed by atoms with Crippen LogP contribution in [0.3, 0.4) is 0 Å². The van der Waals surface area contributed by atoms with Crippen LogP contribution in [-0.2, 0) is 15.7 Å². The third kappa shape index (κ3) is 5.37. The van der Waals surface area contributed by atoms with Gasteiger partial charge in [-0.25, -0.2) is 4.79 Å². The first-order valence-electron chi connectivity index (χ1n) is 8.74. The van der Waals surface area contributed by atoms with E-state index in [4.69, 9.17) is 4.74 Å². The number of hydrogen-bond donors (Lipinski definition) is 1. The van der Waals surface area contributed by atoms with Crippen molar-refractivity contribution in [2.45, 2.75) is 51.2 Å². The molecule has 0 bridgehead atoms. The molecular weight excluding hydrogens is 347 g/mol. The maximum Gasteiger partial charge on any atom is 0.416 e. The van der Waals surface area contributed by atoms with Crippen molar-refractivity contribution >= 4 is 17.5 Å². The van der Waals surface area contributed by atoms with E-state index in [0.29, 0.717) is 0 Å². The highest BCUT2D eigenvalue weighted by molar-refractivity contribution is 6.35. The quantitative estimate of drug-likeness (QED) is 0.372. The van der Waals surface area contributed by atoms with E-state index in [1.165, 1.54) is 18.6 Å². The molecule has 1 aliphatic rings. The van der Waals surface area contributed by atoms with E-state index in [0.717, 1.165) is 37.8 Å². The Bertz CT molecular complexity index is 641. The number of benzene rings is 1. The Morgan fingerprint density at radius 1 is 1.31 bits per heavy atom. The van der Waals surface area contributed by atoms with Crippen LogP contribution >= 0.6 is 0 Å². The van der Waals surface area contributed by atoms with Gasteiger partial charge in [0.1, 0.15) is 0 Å². The minimum atomic E-state index is -4.44. The summed E-state index contributed by atoms with van der Waals surface area (Å²) in [4.78, 5) is 14.0. The zero-order chi connectivity index (χ0) is 19.2. The summed E-state index contributed by atoms with van der Waals surface area (Å²) >= 11 is 0. The van der Waals surface area contributed by atoms with E-state index in [9.17, 15) is 18.0 Å². The lowest BCUT2D eigenvalue weighted by Gasteiger charge is -2.32. The summed E-state index contributed by atoms with van der Waals surface area (Å²) in [5.74, 6) is -0.531. The highest BCUT2D eigenvalue weighted by Crippen LogP contribution is 2.30. The fraction of sp³-hybridized carbons (Fsp3) is 0.556. The molecule has 0 spiro atoms. The number of carbonyl (C=O) groups excluding carboxylic acids is 1. The number of carbonyl (C=O) groups is 1. The Hall–Kier alpha value is -2.25. The molecule has 1 fully saturated rings. The van der Waals surface area contributed by atoms with E-state index < -0.39 is 17.7 Å². The predicted octanol–water partition coefficient (Wildman–Crippen LogP) is 4.26. The Balaban J connectivity index is 2.20. The van der Waals surface area contributed by atoms with E-state index in [2.05, 4.69) is 10.5 Å². The molecule has 5 nitrogen and oxygen atoms in total. The average Bonchev–Trinajstić information content (AvgIpc) is 2.62. The molecule has 1 aliphatic carbocycles. The van der Waals surface area contributed by atoms with Crippen LogP contribution in [0.2, 0.25) is 0 Å². The van der Waals surface area contributed by atoms with Gasteiger partial charge >= 0.3 is 12.1 Å². The highest BCUT2D eigenvalue weighted by Gasteiger charge is 2.30. The zero-order valence-electron chi connectivity index (χ0n) is 15.0. The van der Waals surface area contributed by atoms with Gasteiger partial charge in [-0.1, -0.05) is 25.3 Å². The zero-order valence-corrected chi connectivity index (χ0v) is 15.0. The SMILES string of the molecule is CCOC(=O)C(=NNc1cccc(C(F)(F)F)c1)N(C)C1CCCCC1. The molecule has 0 aromatic heterocycles. The molecule has 1 saturated carbocycles. The van der Waals surface area contributed by atoms with Gasteiger partial charge in [0.2, 0.25) is 5.84 Å². The molecule has 0 amide bonds. The van der Waals surface area contributed by atoms with Crippen LogP contribution in [0.1, 0.15) is 44.6 Å². The summed E-state index contributed by atoms with van der Waals surface area (Å²) in [6, 6.07) is 4.84. The number of anilines is 1. The lowest BCUT2D eigenvalue weighted by atomic mass is 9.94. The minimum absolute atomic E-state index is 0.0659. The van der Waals surface area contributed by atoms with Gasteiger partial charge in [0.05, 0.1) is 17.9 Å².